The van der Waals surface area contributed by atoms with Crippen LogP contribution in [0.25, 0.3) is 0 Å². The van der Waals surface area contributed by atoms with Crippen molar-refractivity contribution in [1.82, 2.24) is 10.6 Å². The van der Waals surface area contributed by atoms with E-state index in [1.54, 1.807) is 7.05 Å². The molecule has 0 aliphatic carbocycles. The molecular formula is C21H34N4O4. The van der Waals surface area contributed by atoms with Crippen molar-refractivity contribution < 1.29 is 19.1 Å². The molecule has 3 N–H and O–H groups in total. The van der Waals surface area contributed by atoms with Gasteiger partial charge in [0.25, 0.3) is 0 Å². The van der Waals surface area contributed by atoms with Gasteiger partial charge in [0.2, 0.25) is 0 Å². The van der Waals surface area contributed by atoms with Crippen molar-refractivity contribution in [3.63, 3.8) is 0 Å². The summed E-state index contributed by atoms with van der Waals surface area (Å²) in [7, 11) is 1.64. The molecule has 1 aromatic carbocycles. The first kappa shape index (κ1) is 24.3. The third-order valence-electron chi connectivity index (χ3n) is 3.35. The van der Waals surface area contributed by atoms with Crippen LogP contribution in [0.4, 0.5) is 10.5 Å². The second-order valence-electron chi connectivity index (χ2n) is 8.51. The number of nitrogens with one attached hydrogen (secondary N) is 3. The molecule has 0 atom stereocenters. The number of benzene rings is 1. The first-order valence-corrected chi connectivity index (χ1v) is 9.63. The van der Waals surface area contributed by atoms with Crippen LogP contribution in [0.2, 0.25) is 0 Å². The van der Waals surface area contributed by atoms with E-state index < -0.39 is 17.3 Å². The van der Waals surface area contributed by atoms with Gasteiger partial charge in [-0.3, -0.25) is 15.1 Å². The zero-order chi connectivity index (χ0) is 22.1. The molecule has 1 rings (SSSR count). The molecule has 0 saturated carbocycles. The Morgan fingerprint density at radius 2 is 1.52 bits per heavy atom. The Labute approximate surface area is 173 Å². The molecule has 0 bridgehead atoms. The van der Waals surface area contributed by atoms with Crippen molar-refractivity contribution in [1.29, 1.82) is 0 Å². The number of esters is 1. The average Bonchev–Trinajstić information content (AvgIpc) is 2.56. The van der Waals surface area contributed by atoms with Gasteiger partial charge in [0.05, 0.1) is 0 Å². The minimum absolute atomic E-state index is 0.0436. The van der Waals surface area contributed by atoms with Crippen LogP contribution < -0.4 is 16.0 Å². The molecule has 0 saturated heterocycles. The fourth-order valence-corrected chi connectivity index (χ4v) is 2.26. The number of carbonyl (C=O) groups excluding carboxylic acids is 2. The van der Waals surface area contributed by atoms with Gasteiger partial charge < -0.3 is 20.1 Å². The average molecular weight is 407 g/mol. The van der Waals surface area contributed by atoms with Crippen molar-refractivity contribution in [3.8, 4) is 0 Å². The lowest BCUT2D eigenvalue weighted by Crippen LogP contribution is -2.42. The molecule has 0 aliphatic heterocycles. The number of hydrogen-bond acceptors (Lipinski definition) is 5. The minimum atomic E-state index is -0.536. The molecule has 0 aliphatic rings. The maximum Gasteiger partial charge on any atom is 0.412 e. The molecule has 1 aromatic rings. The summed E-state index contributed by atoms with van der Waals surface area (Å²) in [5.74, 6) is 0.188. The van der Waals surface area contributed by atoms with E-state index in [4.69, 9.17) is 9.47 Å². The Kier molecular flexibility index (Phi) is 8.94. The fourth-order valence-electron chi connectivity index (χ4n) is 2.26. The van der Waals surface area contributed by atoms with E-state index in [2.05, 4.69) is 20.9 Å². The van der Waals surface area contributed by atoms with Crippen molar-refractivity contribution in [2.24, 2.45) is 4.99 Å². The third kappa shape index (κ3) is 11.6. The fraction of sp³-hybridized carbons (Fsp3) is 0.571. The van der Waals surface area contributed by atoms with Gasteiger partial charge >= 0.3 is 12.1 Å². The quantitative estimate of drug-likeness (QED) is 0.381. The van der Waals surface area contributed by atoms with Crippen LogP contribution in [0.1, 0.15) is 47.1 Å². The summed E-state index contributed by atoms with van der Waals surface area (Å²) in [6.45, 7) is 11.6. The van der Waals surface area contributed by atoms with Gasteiger partial charge in [-0.1, -0.05) is 12.1 Å². The number of nitrogens with zero attached hydrogens (tertiary/aromatic N) is 1. The predicted molar refractivity (Wildman–Crippen MR) is 115 cm³/mol. The van der Waals surface area contributed by atoms with E-state index in [1.165, 1.54) is 0 Å². The number of hydrogen-bond donors (Lipinski definition) is 3. The molecule has 0 aromatic heterocycles. The van der Waals surface area contributed by atoms with Gasteiger partial charge in [0, 0.05) is 19.3 Å². The summed E-state index contributed by atoms with van der Waals surface area (Å²) in [5.41, 5.74) is 0.715. The summed E-state index contributed by atoms with van der Waals surface area (Å²) in [4.78, 5) is 27.6. The van der Waals surface area contributed by atoms with Crippen molar-refractivity contribution in [2.45, 2.75) is 59.2 Å². The standard InChI is InChI=1S/C21H34N4O4/c1-20(2,3)28-17(26)14-24-18(22-7)23-13-12-15-8-10-16(11-9-15)25-19(27)29-21(4,5)6/h8-11H,12-14H2,1-7H3,(H,25,27)(H2,22,23,24). The highest BCUT2D eigenvalue weighted by Crippen LogP contribution is 2.13. The molecule has 1 amide bonds. The Balaban J connectivity index is 2.39. The Hall–Kier alpha value is -2.77. The first-order chi connectivity index (χ1) is 13.4. The molecule has 29 heavy (non-hydrogen) atoms. The van der Waals surface area contributed by atoms with Gasteiger partial charge in [-0.05, 0) is 65.7 Å². The molecule has 0 heterocycles. The number of aliphatic imine (C=N–C) groups is 1. The predicted octanol–water partition coefficient (Wildman–Crippen LogP) is 3.08. The topological polar surface area (TPSA) is 101 Å². The molecule has 8 nitrogen and oxygen atoms in total. The minimum Gasteiger partial charge on any atom is -0.459 e. The monoisotopic (exact) mass is 406 g/mol. The lowest BCUT2D eigenvalue weighted by Gasteiger charge is -2.20. The number of amides is 1. The molecule has 8 heteroatoms. The zero-order valence-electron chi connectivity index (χ0n) is 18.5. The normalized spacial score (nSPS) is 12.2. The molecular weight excluding hydrogens is 372 g/mol. The Morgan fingerprint density at radius 3 is 2.03 bits per heavy atom. The highest BCUT2D eigenvalue weighted by atomic mass is 16.6. The molecule has 162 valence electrons. The van der Waals surface area contributed by atoms with Crippen LogP contribution >= 0.6 is 0 Å². The smallest absolute Gasteiger partial charge is 0.412 e. The Bertz CT molecular complexity index is 701. The molecule has 0 unspecified atom stereocenters. The van der Waals surface area contributed by atoms with Crippen LogP contribution in [0.3, 0.4) is 0 Å². The molecule has 0 spiro atoms. The highest BCUT2D eigenvalue weighted by molar-refractivity contribution is 5.85. The van der Waals surface area contributed by atoms with E-state index in [0.717, 1.165) is 12.0 Å². The van der Waals surface area contributed by atoms with Crippen LogP contribution in [-0.2, 0) is 20.7 Å². The lowest BCUT2D eigenvalue weighted by molar-refractivity contribution is -0.153. The van der Waals surface area contributed by atoms with Crippen LogP contribution in [0.15, 0.2) is 29.3 Å². The summed E-state index contributed by atoms with van der Waals surface area (Å²) in [6.07, 6.45) is 0.270. The van der Waals surface area contributed by atoms with Crippen molar-refractivity contribution in [2.75, 3.05) is 25.5 Å². The van der Waals surface area contributed by atoms with Gasteiger partial charge in [-0.25, -0.2) is 4.79 Å². The van der Waals surface area contributed by atoms with Crippen LogP contribution in [0.5, 0.6) is 0 Å². The highest BCUT2D eigenvalue weighted by Gasteiger charge is 2.17. The third-order valence-corrected chi connectivity index (χ3v) is 3.35. The van der Waals surface area contributed by atoms with Gasteiger partial charge in [0.15, 0.2) is 5.96 Å². The summed E-state index contributed by atoms with van der Waals surface area (Å²) in [6, 6.07) is 7.53. The molecule has 0 fully saturated rings. The maximum atomic E-state index is 11.8. The summed E-state index contributed by atoms with van der Waals surface area (Å²) in [5, 5.41) is 8.78. The van der Waals surface area contributed by atoms with E-state index in [0.29, 0.717) is 18.2 Å². The van der Waals surface area contributed by atoms with Crippen molar-refractivity contribution >= 4 is 23.7 Å². The lowest BCUT2D eigenvalue weighted by atomic mass is 10.1. The largest absolute Gasteiger partial charge is 0.459 e. The second-order valence-corrected chi connectivity index (χ2v) is 8.51. The van der Waals surface area contributed by atoms with E-state index in [9.17, 15) is 9.59 Å². The van der Waals surface area contributed by atoms with Gasteiger partial charge in [-0.15, -0.1) is 0 Å². The van der Waals surface area contributed by atoms with Crippen LogP contribution in [-0.4, -0.2) is 49.4 Å². The summed E-state index contributed by atoms with van der Waals surface area (Å²) < 4.78 is 10.5. The first-order valence-electron chi connectivity index (χ1n) is 9.63. The van der Waals surface area contributed by atoms with E-state index >= 15 is 0 Å². The van der Waals surface area contributed by atoms with Crippen LogP contribution in [0, 0.1) is 0 Å². The van der Waals surface area contributed by atoms with E-state index in [1.807, 2.05) is 65.8 Å². The number of anilines is 1. The van der Waals surface area contributed by atoms with Crippen molar-refractivity contribution in [3.05, 3.63) is 29.8 Å². The maximum absolute atomic E-state index is 11.8. The van der Waals surface area contributed by atoms with E-state index in [-0.39, 0.29) is 12.5 Å². The van der Waals surface area contributed by atoms with Gasteiger partial charge in [-0.2, -0.15) is 0 Å². The summed E-state index contributed by atoms with van der Waals surface area (Å²) >= 11 is 0. The number of ether oxygens (including phenoxy) is 2. The second kappa shape index (κ2) is 10.7. The Morgan fingerprint density at radius 1 is 0.931 bits per heavy atom. The SMILES string of the molecule is CN=C(NCCc1ccc(NC(=O)OC(C)(C)C)cc1)NCC(=O)OC(C)(C)C. The zero-order valence-corrected chi connectivity index (χ0v) is 18.5. The number of guanidine groups is 1. The van der Waals surface area contributed by atoms with Gasteiger partial charge in [0.1, 0.15) is 17.7 Å². The number of carbonyl (C=O) groups is 2. The molecule has 0 radical (unpaired) electrons. The number of rotatable bonds is 6.